The summed E-state index contributed by atoms with van der Waals surface area (Å²) in [4.78, 5) is 18.5. The van der Waals surface area contributed by atoms with Gasteiger partial charge in [0.2, 0.25) is 0 Å². The Labute approximate surface area is 122 Å². The monoisotopic (exact) mass is 286 g/mol. The van der Waals surface area contributed by atoms with Crippen LogP contribution in [0.25, 0.3) is 0 Å². The smallest absolute Gasteiger partial charge is 0.277 e. The number of anilines is 2. The van der Waals surface area contributed by atoms with E-state index in [0.717, 1.165) is 37.6 Å². The molecule has 1 saturated heterocycles. The molecule has 7 heteroatoms. The van der Waals surface area contributed by atoms with Gasteiger partial charge in [0.15, 0.2) is 5.69 Å². The zero-order valence-corrected chi connectivity index (χ0v) is 11.9. The molecule has 3 N–H and O–H groups in total. The van der Waals surface area contributed by atoms with Gasteiger partial charge in [0.1, 0.15) is 5.82 Å². The van der Waals surface area contributed by atoms with Crippen LogP contribution >= 0.6 is 0 Å². The van der Waals surface area contributed by atoms with Crippen LogP contribution < -0.4 is 15.5 Å². The molecule has 0 radical (unpaired) electrons. The molecule has 0 spiro atoms. The Hall–Kier alpha value is -2.41. The number of nitrogens with one attached hydrogen (secondary N) is 3. The minimum atomic E-state index is -0.262. The second-order valence-corrected chi connectivity index (χ2v) is 5.03. The van der Waals surface area contributed by atoms with Crippen LogP contribution in [0.5, 0.6) is 0 Å². The molecule has 1 fully saturated rings. The van der Waals surface area contributed by atoms with Gasteiger partial charge in [0.05, 0.1) is 11.9 Å². The number of aromatic nitrogens is 3. The van der Waals surface area contributed by atoms with Gasteiger partial charge in [0.25, 0.3) is 5.91 Å². The van der Waals surface area contributed by atoms with E-state index in [1.165, 1.54) is 0 Å². The van der Waals surface area contributed by atoms with Crippen molar-refractivity contribution in [2.75, 3.05) is 36.4 Å². The predicted octanol–water partition coefficient (Wildman–Crippen LogP) is 0.775. The number of amides is 1. The topological polar surface area (TPSA) is 85.9 Å². The van der Waals surface area contributed by atoms with E-state index >= 15 is 0 Å². The number of H-pyrrole nitrogens is 1. The van der Waals surface area contributed by atoms with E-state index in [-0.39, 0.29) is 5.91 Å². The van der Waals surface area contributed by atoms with Crippen molar-refractivity contribution in [2.24, 2.45) is 0 Å². The average Bonchev–Trinajstić information content (AvgIpc) is 2.96. The Morgan fingerprint density at radius 3 is 2.76 bits per heavy atom. The highest BCUT2D eigenvalue weighted by Crippen LogP contribution is 2.16. The van der Waals surface area contributed by atoms with Gasteiger partial charge in [-0.05, 0) is 25.1 Å². The van der Waals surface area contributed by atoms with E-state index in [0.29, 0.717) is 11.5 Å². The highest BCUT2D eigenvalue weighted by Gasteiger charge is 2.12. The summed E-state index contributed by atoms with van der Waals surface area (Å²) >= 11 is 0. The fourth-order valence-electron chi connectivity index (χ4n) is 2.28. The summed E-state index contributed by atoms with van der Waals surface area (Å²) < 4.78 is 0. The summed E-state index contributed by atoms with van der Waals surface area (Å²) in [6.07, 6.45) is 1.79. The first-order valence-electron chi connectivity index (χ1n) is 6.97. The number of carbonyl (C=O) groups is 1. The first-order chi connectivity index (χ1) is 10.2. The third-order valence-electron chi connectivity index (χ3n) is 3.41. The molecule has 3 rings (SSSR count). The fraction of sp³-hybridized carbons (Fsp3) is 0.357. The number of aryl methyl sites for hydroxylation is 1. The van der Waals surface area contributed by atoms with Crippen LogP contribution in [0.4, 0.5) is 11.5 Å². The zero-order valence-electron chi connectivity index (χ0n) is 11.9. The number of aromatic amines is 1. The number of hydrogen-bond acceptors (Lipinski definition) is 5. The molecule has 0 bridgehead atoms. The first-order valence-corrected chi connectivity index (χ1v) is 6.97. The lowest BCUT2D eigenvalue weighted by Crippen LogP contribution is -2.43. The number of carbonyl (C=O) groups excluding carboxylic acids is 1. The second kappa shape index (κ2) is 5.92. The van der Waals surface area contributed by atoms with Crippen LogP contribution in [0.15, 0.2) is 24.4 Å². The lowest BCUT2D eigenvalue weighted by molar-refractivity contribution is 0.102. The molecule has 2 aromatic rings. The summed E-state index contributed by atoms with van der Waals surface area (Å²) in [5.41, 5.74) is 2.28. The number of pyridine rings is 1. The number of nitrogens with zero attached hydrogens (tertiary/aromatic N) is 3. The minimum Gasteiger partial charge on any atom is -0.368 e. The van der Waals surface area contributed by atoms with Crippen molar-refractivity contribution in [1.29, 1.82) is 0 Å². The molecular formula is C14H18N6O. The largest absolute Gasteiger partial charge is 0.368 e. The molecule has 2 aromatic heterocycles. The van der Waals surface area contributed by atoms with Gasteiger partial charge < -0.3 is 15.5 Å². The summed E-state index contributed by atoms with van der Waals surface area (Å²) in [6.45, 7) is 5.76. The molecule has 0 saturated carbocycles. The molecule has 110 valence electrons. The predicted molar refractivity (Wildman–Crippen MR) is 80.6 cm³/mol. The zero-order chi connectivity index (χ0) is 14.7. The highest BCUT2D eigenvalue weighted by molar-refractivity contribution is 6.02. The van der Waals surface area contributed by atoms with E-state index in [4.69, 9.17) is 0 Å². The van der Waals surface area contributed by atoms with Gasteiger partial charge in [-0.2, -0.15) is 5.10 Å². The van der Waals surface area contributed by atoms with Crippen LogP contribution in [-0.2, 0) is 0 Å². The normalized spacial score (nSPS) is 15.0. The van der Waals surface area contributed by atoms with E-state index in [2.05, 4.69) is 30.7 Å². The standard InChI is InChI=1S/C14H18N6O/c1-10-8-12(19-18-10)14(21)17-13-3-2-11(9-16-13)20-6-4-15-5-7-20/h2-3,8-9,15H,4-7H2,1H3,(H,18,19)(H,16,17,21). The Bertz CT molecular complexity index is 615. The van der Waals surface area contributed by atoms with Gasteiger partial charge in [-0.15, -0.1) is 0 Å². The maximum atomic E-state index is 12.0. The highest BCUT2D eigenvalue weighted by atomic mass is 16.2. The van der Waals surface area contributed by atoms with E-state index in [9.17, 15) is 4.79 Å². The van der Waals surface area contributed by atoms with Crippen molar-refractivity contribution in [2.45, 2.75) is 6.92 Å². The van der Waals surface area contributed by atoms with Crippen LogP contribution in [-0.4, -0.2) is 47.3 Å². The summed E-state index contributed by atoms with van der Waals surface area (Å²) in [5, 5.41) is 12.7. The fourth-order valence-corrected chi connectivity index (χ4v) is 2.28. The van der Waals surface area contributed by atoms with E-state index < -0.39 is 0 Å². The maximum absolute atomic E-state index is 12.0. The van der Waals surface area contributed by atoms with Crippen LogP contribution in [0, 0.1) is 6.92 Å². The van der Waals surface area contributed by atoms with E-state index in [1.807, 2.05) is 19.1 Å². The van der Waals surface area contributed by atoms with Crippen molar-refractivity contribution < 1.29 is 4.79 Å². The molecule has 0 atom stereocenters. The Kier molecular flexibility index (Phi) is 3.83. The van der Waals surface area contributed by atoms with Crippen molar-refractivity contribution in [1.82, 2.24) is 20.5 Å². The SMILES string of the molecule is Cc1cc(C(=O)Nc2ccc(N3CCNCC3)cn2)n[nH]1. The Morgan fingerprint density at radius 2 is 2.14 bits per heavy atom. The van der Waals surface area contributed by atoms with Crippen LogP contribution in [0.3, 0.4) is 0 Å². The molecule has 1 aliphatic heterocycles. The number of piperazine rings is 1. The Balaban J connectivity index is 1.65. The third kappa shape index (κ3) is 3.19. The third-order valence-corrected chi connectivity index (χ3v) is 3.41. The summed E-state index contributed by atoms with van der Waals surface area (Å²) in [6, 6.07) is 5.49. The van der Waals surface area contributed by atoms with Crippen molar-refractivity contribution in [3.63, 3.8) is 0 Å². The molecule has 0 unspecified atom stereocenters. The first kappa shape index (κ1) is 13.6. The molecular weight excluding hydrogens is 268 g/mol. The molecule has 0 aliphatic carbocycles. The molecule has 1 aliphatic rings. The lowest BCUT2D eigenvalue weighted by atomic mass is 10.3. The quantitative estimate of drug-likeness (QED) is 0.776. The molecule has 21 heavy (non-hydrogen) atoms. The number of rotatable bonds is 3. The molecule has 1 amide bonds. The van der Waals surface area contributed by atoms with Gasteiger partial charge in [-0.3, -0.25) is 9.89 Å². The molecule has 3 heterocycles. The lowest BCUT2D eigenvalue weighted by Gasteiger charge is -2.29. The van der Waals surface area contributed by atoms with Crippen LogP contribution in [0.1, 0.15) is 16.2 Å². The van der Waals surface area contributed by atoms with Gasteiger partial charge in [-0.1, -0.05) is 0 Å². The average molecular weight is 286 g/mol. The minimum absolute atomic E-state index is 0.262. The second-order valence-electron chi connectivity index (χ2n) is 5.03. The van der Waals surface area contributed by atoms with E-state index in [1.54, 1.807) is 12.3 Å². The van der Waals surface area contributed by atoms with Gasteiger partial charge in [-0.25, -0.2) is 4.98 Å². The van der Waals surface area contributed by atoms with Crippen molar-refractivity contribution in [3.05, 3.63) is 35.8 Å². The van der Waals surface area contributed by atoms with Gasteiger partial charge in [0, 0.05) is 31.9 Å². The van der Waals surface area contributed by atoms with Crippen molar-refractivity contribution >= 4 is 17.4 Å². The number of hydrogen-bond donors (Lipinski definition) is 3. The molecule has 7 nitrogen and oxygen atoms in total. The molecule has 0 aromatic carbocycles. The summed E-state index contributed by atoms with van der Waals surface area (Å²) in [7, 11) is 0. The maximum Gasteiger partial charge on any atom is 0.277 e. The van der Waals surface area contributed by atoms with Crippen LogP contribution in [0.2, 0.25) is 0 Å². The summed E-state index contributed by atoms with van der Waals surface area (Å²) in [5.74, 6) is 0.265. The Morgan fingerprint density at radius 1 is 1.33 bits per heavy atom. The van der Waals surface area contributed by atoms with Gasteiger partial charge >= 0.3 is 0 Å². The van der Waals surface area contributed by atoms with Crippen molar-refractivity contribution in [3.8, 4) is 0 Å².